The number of phenols is 2. The fourth-order valence-electron chi connectivity index (χ4n) is 2.38. The molecule has 0 unspecified atom stereocenters. The molecule has 0 radical (unpaired) electrons. The van der Waals surface area contributed by atoms with Gasteiger partial charge in [0.25, 0.3) is 0 Å². The van der Waals surface area contributed by atoms with Gasteiger partial charge in [-0.3, -0.25) is 0 Å². The lowest BCUT2D eigenvalue weighted by Crippen LogP contribution is -2.10. The smallest absolute Gasteiger partial charge is 0.343 e. The molecule has 0 aromatic heterocycles. The van der Waals surface area contributed by atoms with Crippen molar-refractivity contribution < 1.29 is 24.9 Å². The quantitative estimate of drug-likeness (QED) is 0.728. The van der Waals surface area contributed by atoms with Crippen LogP contribution in [0.1, 0.15) is 33.7 Å². The van der Waals surface area contributed by atoms with Crippen molar-refractivity contribution in [1.29, 1.82) is 0 Å². The van der Waals surface area contributed by atoms with Crippen molar-refractivity contribution >= 4 is 5.97 Å². The van der Waals surface area contributed by atoms with Crippen LogP contribution in [0.5, 0.6) is 11.5 Å². The first kappa shape index (κ1) is 12.5. The maximum absolute atomic E-state index is 11.8. The number of cyclic esters (lactones) is 1. The second-order valence-corrected chi connectivity index (χ2v) is 4.61. The number of hydrogen-bond donors (Lipinski definition) is 3. The Balaban J connectivity index is 2.05. The minimum Gasteiger partial charge on any atom is -0.508 e. The second-order valence-electron chi connectivity index (χ2n) is 4.61. The fraction of sp³-hybridized carbons (Fsp3) is 0.133. The molecule has 1 aliphatic rings. The first-order valence-electron chi connectivity index (χ1n) is 6.08. The normalized spacial score (nSPS) is 18.4. The molecule has 20 heavy (non-hydrogen) atoms. The van der Waals surface area contributed by atoms with Gasteiger partial charge in [-0.25, -0.2) is 4.79 Å². The van der Waals surface area contributed by atoms with Crippen LogP contribution in [0, 0.1) is 0 Å². The lowest BCUT2D eigenvalue weighted by atomic mass is 9.96. The molecule has 0 saturated carbocycles. The van der Waals surface area contributed by atoms with Crippen LogP contribution in [0.15, 0.2) is 42.5 Å². The van der Waals surface area contributed by atoms with Gasteiger partial charge in [-0.15, -0.1) is 0 Å². The van der Waals surface area contributed by atoms with Crippen LogP contribution in [-0.2, 0) is 4.74 Å². The summed E-state index contributed by atoms with van der Waals surface area (Å²) in [7, 11) is 0. The van der Waals surface area contributed by atoms with Crippen LogP contribution in [0.3, 0.4) is 0 Å². The van der Waals surface area contributed by atoms with E-state index >= 15 is 0 Å². The SMILES string of the molecule is O=C1O[C@@H]([C@@H](O)c2ccccc2)c2cc(O)cc(O)c21. The minimum atomic E-state index is -1.07. The number of aliphatic hydroxyl groups is 1. The minimum absolute atomic E-state index is 0.0113. The monoisotopic (exact) mass is 272 g/mol. The topological polar surface area (TPSA) is 87.0 Å². The average molecular weight is 272 g/mol. The molecule has 3 N–H and O–H groups in total. The molecule has 0 bridgehead atoms. The van der Waals surface area contributed by atoms with Gasteiger partial charge in [0.05, 0.1) is 0 Å². The zero-order valence-electron chi connectivity index (χ0n) is 10.4. The maximum atomic E-state index is 11.8. The predicted molar refractivity (Wildman–Crippen MR) is 69.3 cm³/mol. The van der Waals surface area contributed by atoms with Gasteiger partial charge < -0.3 is 20.1 Å². The summed E-state index contributed by atoms with van der Waals surface area (Å²) in [6, 6.07) is 11.1. The third-order valence-electron chi connectivity index (χ3n) is 3.31. The summed E-state index contributed by atoms with van der Waals surface area (Å²) in [5.41, 5.74) is 0.854. The van der Waals surface area contributed by atoms with Crippen molar-refractivity contribution in [3.63, 3.8) is 0 Å². The van der Waals surface area contributed by atoms with E-state index in [0.29, 0.717) is 5.56 Å². The van der Waals surface area contributed by atoms with E-state index in [0.717, 1.165) is 6.07 Å². The number of fused-ring (bicyclic) bond motifs is 1. The molecular formula is C15H12O5. The lowest BCUT2D eigenvalue weighted by Gasteiger charge is -2.18. The van der Waals surface area contributed by atoms with Crippen molar-refractivity contribution in [2.75, 3.05) is 0 Å². The largest absolute Gasteiger partial charge is 0.508 e. The number of aromatic hydroxyl groups is 2. The highest BCUT2D eigenvalue weighted by Gasteiger charge is 2.39. The Morgan fingerprint density at radius 3 is 2.50 bits per heavy atom. The summed E-state index contributed by atoms with van der Waals surface area (Å²) in [6.07, 6.45) is -2.01. The molecule has 0 amide bonds. The Morgan fingerprint density at radius 1 is 1.10 bits per heavy atom. The third kappa shape index (κ3) is 1.88. The van der Waals surface area contributed by atoms with Crippen LogP contribution >= 0.6 is 0 Å². The van der Waals surface area contributed by atoms with Gasteiger partial charge in [0.1, 0.15) is 23.2 Å². The highest BCUT2D eigenvalue weighted by atomic mass is 16.6. The van der Waals surface area contributed by atoms with Gasteiger partial charge in [-0.1, -0.05) is 30.3 Å². The van der Waals surface area contributed by atoms with E-state index in [4.69, 9.17) is 4.74 Å². The number of benzene rings is 2. The Hall–Kier alpha value is -2.53. The number of hydrogen-bond acceptors (Lipinski definition) is 5. The van der Waals surface area contributed by atoms with Crippen molar-refractivity contribution in [2.45, 2.75) is 12.2 Å². The molecule has 0 saturated heterocycles. The van der Waals surface area contributed by atoms with E-state index in [1.54, 1.807) is 24.3 Å². The van der Waals surface area contributed by atoms with Gasteiger partial charge in [-0.05, 0) is 11.6 Å². The molecule has 1 aliphatic heterocycles. The Morgan fingerprint density at radius 2 is 1.80 bits per heavy atom. The number of esters is 1. The highest BCUT2D eigenvalue weighted by Crippen LogP contribution is 2.44. The molecule has 5 heteroatoms. The molecule has 0 fully saturated rings. The Bertz CT molecular complexity index is 665. The predicted octanol–water partition coefficient (Wildman–Crippen LogP) is 2.04. The molecule has 2 atom stereocenters. The Labute approximate surface area is 114 Å². The molecule has 102 valence electrons. The molecule has 2 aromatic carbocycles. The van der Waals surface area contributed by atoms with E-state index in [1.807, 2.05) is 6.07 Å². The summed E-state index contributed by atoms with van der Waals surface area (Å²) >= 11 is 0. The van der Waals surface area contributed by atoms with Crippen LogP contribution in [0.25, 0.3) is 0 Å². The highest BCUT2D eigenvalue weighted by molar-refractivity contribution is 5.97. The summed E-state index contributed by atoms with van der Waals surface area (Å²) < 4.78 is 5.12. The molecule has 3 rings (SSSR count). The number of ether oxygens (including phenoxy) is 1. The van der Waals surface area contributed by atoms with E-state index in [2.05, 4.69) is 0 Å². The fourth-order valence-corrected chi connectivity index (χ4v) is 2.38. The third-order valence-corrected chi connectivity index (χ3v) is 3.31. The van der Waals surface area contributed by atoms with Gasteiger partial charge in [0.2, 0.25) is 0 Å². The van der Waals surface area contributed by atoms with Crippen molar-refractivity contribution in [2.24, 2.45) is 0 Å². The zero-order valence-corrected chi connectivity index (χ0v) is 10.4. The van der Waals surface area contributed by atoms with Crippen LogP contribution in [0.4, 0.5) is 0 Å². The van der Waals surface area contributed by atoms with Gasteiger partial charge in [0, 0.05) is 11.6 Å². The van der Waals surface area contributed by atoms with E-state index in [9.17, 15) is 20.1 Å². The summed E-state index contributed by atoms with van der Waals surface area (Å²) in [6.45, 7) is 0. The zero-order chi connectivity index (χ0) is 14.3. The first-order valence-corrected chi connectivity index (χ1v) is 6.08. The number of carbonyl (C=O) groups excluding carboxylic acids is 1. The average Bonchev–Trinajstić information content (AvgIpc) is 2.76. The van der Waals surface area contributed by atoms with Crippen molar-refractivity contribution in [3.05, 3.63) is 59.2 Å². The van der Waals surface area contributed by atoms with Crippen LogP contribution in [0.2, 0.25) is 0 Å². The first-order chi connectivity index (χ1) is 9.58. The molecule has 2 aromatic rings. The summed E-state index contributed by atoms with van der Waals surface area (Å²) in [4.78, 5) is 11.8. The number of rotatable bonds is 2. The standard InChI is InChI=1S/C15H12O5/c16-9-6-10-12(11(17)7-9)15(19)20-14(10)13(18)8-4-2-1-3-5-8/h1-7,13-14,16-18H/t13-,14+/m0/s1. The Kier molecular flexibility index (Phi) is 2.84. The van der Waals surface area contributed by atoms with Crippen LogP contribution < -0.4 is 0 Å². The number of aliphatic hydroxyl groups excluding tert-OH is 1. The number of carbonyl (C=O) groups is 1. The lowest BCUT2D eigenvalue weighted by molar-refractivity contribution is -0.0103. The van der Waals surface area contributed by atoms with E-state index in [1.165, 1.54) is 6.07 Å². The van der Waals surface area contributed by atoms with Gasteiger partial charge >= 0.3 is 5.97 Å². The van der Waals surface area contributed by atoms with Gasteiger partial charge in [-0.2, -0.15) is 0 Å². The maximum Gasteiger partial charge on any atom is 0.343 e. The molecule has 0 aliphatic carbocycles. The molecule has 1 heterocycles. The second kappa shape index (κ2) is 4.54. The van der Waals surface area contributed by atoms with Crippen molar-refractivity contribution in [1.82, 2.24) is 0 Å². The van der Waals surface area contributed by atoms with Crippen LogP contribution in [-0.4, -0.2) is 21.3 Å². The summed E-state index contributed by atoms with van der Waals surface area (Å²) in [5.74, 6) is -1.25. The van der Waals surface area contributed by atoms with Gasteiger partial charge in [0.15, 0.2) is 6.10 Å². The molecular weight excluding hydrogens is 260 g/mol. The van der Waals surface area contributed by atoms with E-state index in [-0.39, 0.29) is 22.6 Å². The molecule has 0 spiro atoms. The van der Waals surface area contributed by atoms with E-state index < -0.39 is 18.2 Å². The van der Waals surface area contributed by atoms with Crippen molar-refractivity contribution in [3.8, 4) is 11.5 Å². The number of phenolic OH excluding ortho intramolecular Hbond substituents is 2. The summed E-state index contributed by atoms with van der Waals surface area (Å²) in [5, 5.41) is 29.6. The molecule has 5 nitrogen and oxygen atoms in total.